The Kier molecular flexibility index (Phi) is 5.81. The number of halogens is 1. The molecule has 0 saturated carbocycles. The van der Waals surface area contributed by atoms with Crippen LogP contribution in [0.25, 0.3) is 22.6 Å². The molecule has 174 valence electrons. The number of carbonyl (C=O) groups is 1. The van der Waals surface area contributed by atoms with Crippen LogP contribution in [0.5, 0.6) is 0 Å². The van der Waals surface area contributed by atoms with E-state index in [1.807, 2.05) is 30.3 Å². The fourth-order valence-electron chi connectivity index (χ4n) is 3.41. The van der Waals surface area contributed by atoms with Crippen LogP contribution in [0.15, 0.2) is 74.8 Å². The lowest BCUT2D eigenvalue weighted by atomic mass is 10.1. The van der Waals surface area contributed by atoms with Crippen molar-refractivity contribution in [3.05, 3.63) is 88.3 Å². The molecule has 0 saturated heterocycles. The molecule has 2 aromatic carbocycles. The Morgan fingerprint density at radius 2 is 1.83 bits per heavy atom. The highest BCUT2D eigenvalue weighted by atomic mass is 35.5. The lowest BCUT2D eigenvalue weighted by Gasteiger charge is -2.10. The highest BCUT2D eigenvalue weighted by Gasteiger charge is 2.22. The molecular weight excluding hydrogens is 474 g/mol. The van der Waals surface area contributed by atoms with Gasteiger partial charge < -0.3 is 20.7 Å². The summed E-state index contributed by atoms with van der Waals surface area (Å²) in [4.78, 5) is 20.4. The van der Waals surface area contributed by atoms with Gasteiger partial charge in [-0.2, -0.15) is 5.10 Å². The van der Waals surface area contributed by atoms with Crippen molar-refractivity contribution in [2.75, 3.05) is 5.32 Å². The number of nitrogens with one attached hydrogen (secondary N) is 1. The second-order valence-corrected chi connectivity index (χ2v) is 7.72. The van der Waals surface area contributed by atoms with Crippen molar-refractivity contribution in [1.82, 2.24) is 20.3 Å². The number of fused-ring (bicyclic) bond motifs is 1. The van der Waals surface area contributed by atoms with Gasteiger partial charge in [-0.1, -0.05) is 41.9 Å². The lowest BCUT2D eigenvalue weighted by Crippen LogP contribution is -2.14. The van der Waals surface area contributed by atoms with Crippen LogP contribution in [0.1, 0.15) is 27.4 Å². The van der Waals surface area contributed by atoms with Gasteiger partial charge in [0, 0.05) is 12.1 Å². The third kappa shape index (κ3) is 4.39. The van der Waals surface area contributed by atoms with Crippen molar-refractivity contribution in [2.24, 2.45) is 10.9 Å². The number of nitrogens with two attached hydrogens (primary N) is 1. The molecule has 0 aliphatic heterocycles. The minimum Gasteiger partial charge on any atom is -0.478 e. The number of benzene rings is 2. The molecule has 0 fully saturated rings. The molecule has 0 aliphatic carbocycles. The summed E-state index contributed by atoms with van der Waals surface area (Å²) in [6.45, 7) is 0.448. The van der Waals surface area contributed by atoms with E-state index in [9.17, 15) is 9.90 Å². The van der Waals surface area contributed by atoms with Crippen LogP contribution in [-0.2, 0) is 6.54 Å². The molecule has 5 rings (SSSR count). The van der Waals surface area contributed by atoms with Crippen molar-refractivity contribution in [3.63, 3.8) is 0 Å². The molecule has 35 heavy (non-hydrogen) atoms. The molecule has 0 atom stereocenters. The molecule has 0 spiro atoms. The van der Waals surface area contributed by atoms with Crippen molar-refractivity contribution in [2.45, 2.75) is 6.54 Å². The zero-order valence-corrected chi connectivity index (χ0v) is 18.6. The first-order chi connectivity index (χ1) is 17.0. The number of nitrogens with zero attached hydrogens (tertiary/aromatic N) is 5. The van der Waals surface area contributed by atoms with Crippen LogP contribution < -0.4 is 11.2 Å². The first-order valence-electron chi connectivity index (χ1n) is 10.2. The second kappa shape index (κ2) is 9.23. The number of hydrazone groups is 1. The minimum atomic E-state index is -1.15. The molecule has 12 heteroatoms. The van der Waals surface area contributed by atoms with Gasteiger partial charge in [0.15, 0.2) is 17.3 Å². The fourth-order valence-corrected chi connectivity index (χ4v) is 3.61. The van der Waals surface area contributed by atoms with Gasteiger partial charge in [0.2, 0.25) is 11.3 Å². The average molecular weight is 490 g/mol. The van der Waals surface area contributed by atoms with Crippen molar-refractivity contribution in [1.29, 1.82) is 0 Å². The number of carboxylic acids is 1. The van der Waals surface area contributed by atoms with Gasteiger partial charge in [-0.05, 0) is 46.2 Å². The number of aromatic carboxylic acids is 1. The summed E-state index contributed by atoms with van der Waals surface area (Å²) in [6.07, 6.45) is 0. The van der Waals surface area contributed by atoms with Crippen LogP contribution in [0.3, 0.4) is 0 Å². The van der Waals surface area contributed by atoms with E-state index in [1.54, 1.807) is 18.2 Å². The maximum Gasteiger partial charge on any atom is 0.337 e. The predicted molar refractivity (Wildman–Crippen MR) is 127 cm³/mol. The molecule has 0 amide bonds. The van der Waals surface area contributed by atoms with E-state index in [0.29, 0.717) is 23.7 Å². The van der Waals surface area contributed by atoms with Gasteiger partial charge in [0.1, 0.15) is 11.5 Å². The van der Waals surface area contributed by atoms with Gasteiger partial charge in [0.25, 0.3) is 0 Å². The largest absolute Gasteiger partial charge is 0.478 e. The van der Waals surface area contributed by atoms with Crippen LogP contribution in [-0.4, -0.2) is 37.1 Å². The highest BCUT2D eigenvalue weighted by Crippen LogP contribution is 2.29. The summed E-state index contributed by atoms with van der Waals surface area (Å²) >= 11 is 5.98. The Morgan fingerprint density at radius 3 is 2.57 bits per heavy atom. The zero-order chi connectivity index (χ0) is 24.4. The average Bonchev–Trinajstić information content (AvgIpc) is 3.53. The molecule has 0 bridgehead atoms. The first kappa shape index (κ1) is 22.0. The number of rotatable bonds is 7. The number of aromatic nitrogens is 4. The highest BCUT2D eigenvalue weighted by molar-refractivity contribution is 6.33. The summed E-state index contributed by atoms with van der Waals surface area (Å²) in [5, 5.41) is 24.1. The Labute approximate surface area is 202 Å². The Hall–Kier alpha value is -4.77. The van der Waals surface area contributed by atoms with Crippen LogP contribution in [0.4, 0.5) is 5.82 Å². The molecule has 0 aliphatic rings. The summed E-state index contributed by atoms with van der Waals surface area (Å²) in [5.41, 5.74) is 2.33. The van der Waals surface area contributed by atoms with E-state index in [0.717, 1.165) is 5.56 Å². The van der Waals surface area contributed by atoms with E-state index >= 15 is 0 Å². The van der Waals surface area contributed by atoms with Crippen molar-refractivity contribution in [3.8, 4) is 11.3 Å². The lowest BCUT2D eigenvalue weighted by molar-refractivity contribution is 0.0697. The van der Waals surface area contributed by atoms with E-state index in [1.165, 1.54) is 12.1 Å². The number of hydrogen-bond acceptors (Lipinski definition) is 10. The minimum absolute atomic E-state index is 0.0444. The first-order valence-corrected chi connectivity index (χ1v) is 10.6. The summed E-state index contributed by atoms with van der Waals surface area (Å²) in [6, 6.07) is 17.6. The SMILES string of the molecule is NN=C(c1ccc(-c2ccc(Cl)c(C(=O)O)c2)o1)c1nc2nonc2nc1NCc1ccccc1. The van der Waals surface area contributed by atoms with Crippen LogP contribution in [0.2, 0.25) is 5.02 Å². The number of carboxylic acid groups (broad SMARTS) is 1. The van der Waals surface area contributed by atoms with Crippen LogP contribution in [0, 0.1) is 0 Å². The Balaban J connectivity index is 1.52. The van der Waals surface area contributed by atoms with Gasteiger partial charge in [-0.25, -0.2) is 19.4 Å². The molecular formula is C23H16ClN7O4. The maximum absolute atomic E-state index is 11.4. The zero-order valence-electron chi connectivity index (χ0n) is 17.8. The van der Waals surface area contributed by atoms with Crippen LogP contribution >= 0.6 is 11.6 Å². The third-order valence-corrected chi connectivity index (χ3v) is 5.42. The molecule has 11 nitrogen and oxygen atoms in total. The summed E-state index contributed by atoms with van der Waals surface area (Å²) < 4.78 is 10.7. The molecule has 5 aromatic rings. The van der Waals surface area contributed by atoms with E-state index < -0.39 is 5.97 Å². The topological polar surface area (TPSA) is 166 Å². The fraction of sp³-hybridized carbons (Fsp3) is 0.0435. The molecule has 0 unspecified atom stereocenters. The Morgan fingerprint density at radius 1 is 1.06 bits per heavy atom. The third-order valence-electron chi connectivity index (χ3n) is 5.09. The monoisotopic (exact) mass is 489 g/mol. The molecule has 4 N–H and O–H groups in total. The number of hydrogen-bond donors (Lipinski definition) is 3. The predicted octanol–water partition coefficient (Wildman–Crippen LogP) is 3.95. The Bertz CT molecular complexity index is 1560. The number of furan rings is 1. The summed E-state index contributed by atoms with van der Waals surface area (Å²) in [5.74, 6) is 5.61. The van der Waals surface area contributed by atoms with Gasteiger partial charge >= 0.3 is 5.97 Å². The number of anilines is 1. The quantitative estimate of drug-likeness (QED) is 0.173. The normalized spacial score (nSPS) is 11.6. The van der Waals surface area contributed by atoms with E-state index in [2.05, 4.69) is 30.7 Å². The van der Waals surface area contributed by atoms with Gasteiger partial charge in [-0.3, -0.25) is 0 Å². The molecule has 3 heterocycles. The smallest absolute Gasteiger partial charge is 0.337 e. The van der Waals surface area contributed by atoms with Gasteiger partial charge in [0.05, 0.1) is 10.6 Å². The standard InChI is InChI=1S/C23H16ClN7O4/c24-15-7-6-13(10-14(15)23(32)33)16-8-9-17(34-16)18(29-25)19-20(26-11-12-4-2-1-3-5-12)28-22-21(27-19)30-35-31-22/h1-10H,11,25H2,(H,32,33)(H,26,28,31). The maximum atomic E-state index is 11.4. The summed E-state index contributed by atoms with van der Waals surface area (Å²) in [7, 11) is 0. The van der Waals surface area contributed by atoms with Crippen molar-refractivity contribution < 1.29 is 18.9 Å². The van der Waals surface area contributed by atoms with E-state index in [-0.39, 0.29) is 39.0 Å². The molecule has 3 aromatic heterocycles. The van der Waals surface area contributed by atoms with E-state index in [4.69, 9.17) is 26.5 Å². The van der Waals surface area contributed by atoms with Crippen molar-refractivity contribution >= 4 is 40.4 Å². The second-order valence-electron chi connectivity index (χ2n) is 7.31. The molecule has 0 radical (unpaired) electrons. The van der Waals surface area contributed by atoms with Gasteiger partial charge in [-0.15, -0.1) is 0 Å².